The molecule has 2 N–H and O–H groups in total. The van der Waals surface area contributed by atoms with Crippen LogP contribution in [0.5, 0.6) is 0 Å². The van der Waals surface area contributed by atoms with E-state index < -0.39 is 0 Å². The Morgan fingerprint density at radius 1 is 0.818 bits per heavy atom. The van der Waals surface area contributed by atoms with Crippen molar-refractivity contribution in [2.24, 2.45) is 5.73 Å². The minimum Gasteiger partial charge on any atom is -0.398 e. The van der Waals surface area contributed by atoms with E-state index in [1.165, 1.54) is 33.4 Å². The van der Waals surface area contributed by atoms with E-state index in [1.54, 1.807) is 0 Å². The maximum absolute atomic E-state index is 6.43. The smallest absolute Gasteiger partial charge is 0.0726 e. The molecule has 5 rings (SSSR count). The van der Waals surface area contributed by atoms with Gasteiger partial charge in [0.15, 0.2) is 0 Å². The van der Waals surface area contributed by atoms with Gasteiger partial charge in [-0.3, -0.25) is 0 Å². The van der Waals surface area contributed by atoms with Crippen LogP contribution in [0.15, 0.2) is 115 Å². The number of nitrogens with zero attached hydrogens (tertiary/aromatic N) is 1. The molecule has 1 aliphatic carbocycles. The van der Waals surface area contributed by atoms with Gasteiger partial charge in [0.2, 0.25) is 0 Å². The van der Waals surface area contributed by atoms with Gasteiger partial charge in [-0.25, -0.2) is 0 Å². The van der Waals surface area contributed by atoms with Gasteiger partial charge in [-0.1, -0.05) is 97.1 Å². The third kappa shape index (κ3) is 4.05. The quantitative estimate of drug-likeness (QED) is 0.482. The van der Waals surface area contributed by atoms with E-state index in [0.29, 0.717) is 0 Å². The summed E-state index contributed by atoms with van der Waals surface area (Å²) in [5, 5.41) is 0. The van der Waals surface area contributed by atoms with Crippen LogP contribution in [0.1, 0.15) is 53.1 Å². The van der Waals surface area contributed by atoms with Crippen LogP contribution in [0.25, 0.3) is 11.3 Å². The van der Waals surface area contributed by atoms with Gasteiger partial charge in [0.05, 0.1) is 6.04 Å². The highest BCUT2D eigenvalue weighted by atomic mass is 15.1. The minimum atomic E-state index is 0.183. The normalized spacial score (nSPS) is 22.7. The van der Waals surface area contributed by atoms with E-state index in [2.05, 4.69) is 122 Å². The Kier molecular flexibility index (Phi) is 5.75. The molecule has 0 amide bonds. The summed E-state index contributed by atoms with van der Waals surface area (Å²) >= 11 is 0. The number of hydrogen-bond acceptors (Lipinski definition) is 2. The van der Waals surface area contributed by atoms with E-state index in [9.17, 15) is 0 Å². The molecule has 0 bridgehead atoms. The van der Waals surface area contributed by atoms with Crippen LogP contribution in [-0.2, 0) is 0 Å². The van der Waals surface area contributed by atoms with Crippen LogP contribution in [0.3, 0.4) is 0 Å². The minimum absolute atomic E-state index is 0.183. The molecular weight excluding hydrogens is 400 g/mol. The summed E-state index contributed by atoms with van der Waals surface area (Å²) in [5.41, 5.74) is 16.2. The van der Waals surface area contributed by atoms with Crippen molar-refractivity contribution in [3.8, 4) is 0 Å². The Morgan fingerprint density at radius 2 is 1.48 bits per heavy atom. The highest BCUT2D eigenvalue weighted by Crippen LogP contribution is 2.41. The second kappa shape index (κ2) is 8.99. The van der Waals surface area contributed by atoms with Gasteiger partial charge >= 0.3 is 0 Å². The number of benzene rings is 3. The van der Waals surface area contributed by atoms with Crippen molar-refractivity contribution in [3.63, 3.8) is 0 Å². The summed E-state index contributed by atoms with van der Waals surface area (Å²) in [4.78, 5) is 2.34. The van der Waals surface area contributed by atoms with Crippen molar-refractivity contribution < 1.29 is 0 Å². The number of allylic oxidation sites excluding steroid dienone is 5. The van der Waals surface area contributed by atoms with Crippen molar-refractivity contribution in [3.05, 3.63) is 143 Å². The lowest BCUT2D eigenvalue weighted by molar-refractivity contribution is 0.387. The molecule has 2 aliphatic rings. The zero-order chi connectivity index (χ0) is 22.8. The van der Waals surface area contributed by atoms with Gasteiger partial charge in [0.25, 0.3) is 0 Å². The molecule has 164 valence electrons. The number of rotatable bonds is 3. The molecule has 1 unspecified atom stereocenters. The van der Waals surface area contributed by atoms with E-state index >= 15 is 0 Å². The lowest BCUT2D eigenvalue weighted by Crippen LogP contribution is -2.23. The SMILES string of the molecule is CC1=CC(c2ccccc2[C@@H]2C/C=C\C=C(/N)c3ccccc32)N(C)C=C1c1ccccc1. The second-order valence-corrected chi connectivity index (χ2v) is 8.92. The Hall–Kier alpha value is -3.78. The van der Waals surface area contributed by atoms with Crippen molar-refractivity contribution in [2.75, 3.05) is 7.05 Å². The largest absolute Gasteiger partial charge is 0.398 e. The molecule has 3 aromatic rings. The first-order valence-corrected chi connectivity index (χ1v) is 11.6. The van der Waals surface area contributed by atoms with Crippen LogP contribution < -0.4 is 5.73 Å². The Labute approximate surface area is 197 Å². The molecule has 0 aromatic heterocycles. The predicted molar refractivity (Wildman–Crippen MR) is 139 cm³/mol. The first-order valence-electron chi connectivity index (χ1n) is 11.6. The molecule has 2 nitrogen and oxygen atoms in total. The average Bonchev–Trinajstić information content (AvgIpc) is 2.85. The lowest BCUT2D eigenvalue weighted by Gasteiger charge is -2.34. The van der Waals surface area contributed by atoms with Gasteiger partial charge in [0.1, 0.15) is 0 Å². The van der Waals surface area contributed by atoms with Crippen LogP contribution >= 0.6 is 0 Å². The van der Waals surface area contributed by atoms with E-state index in [0.717, 1.165) is 17.7 Å². The summed E-state index contributed by atoms with van der Waals surface area (Å²) in [6.45, 7) is 2.22. The van der Waals surface area contributed by atoms with Gasteiger partial charge in [-0.15, -0.1) is 0 Å². The maximum atomic E-state index is 6.43. The van der Waals surface area contributed by atoms with Gasteiger partial charge in [0, 0.05) is 36.0 Å². The summed E-state index contributed by atoms with van der Waals surface area (Å²) in [6.07, 6.45) is 12.0. The summed E-state index contributed by atoms with van der Waals surface area (Å²) in [7, 11) is 2.18. The molecule has 1 heterocycles. The third-order valence-corrected chi connectivity index (χ3v) is 6.81. The zero-order valence-electron chi connectivity index (χ0n) is 19.3. The monoisotopic (exact) mass is 430 g/mol. The number of nitrogens with two attached hydrogens (primary N) is 1. The summed E-state index contributed by atoms with van der Waals surface area (Å²) < 4.78 is 0. The van der Waals surface area contributed by atoms with Crippen molar-refractivity contribution in [1.29, 1.82) is 0 Å². The van der Waals surface area contributed by atoms with E-state index in [-0.39, 0.29) is 12.0 Å². The van der Waals surface area contributed by atoms with E-state index in [4.69, 9.17) is 5.73 Å². The molecule has 0 saturated carbocycles. The fourth-order valence-electron chi connectivity index (χ4n) is 5.12. The van der Waals surface area contributed by atoms with Crippen LogP contribution in [-0.4, -0.2) is 11.9 Å². The molecule has 33 heavy (non-hydrogen) atoms. The second-order valence-electron chi connectivity index (χ2n) is 8.92. The summed E-state index contributed by atoms with van der Waals surface area (Å²) in [6, 6.07) is 28.3. The van der Waals surface area contributed by atoms with Crippen LogP contribution in [0.4, 0.5) is 0 Å². The van der Waals surface area contributed by atoms with Crippen molar-refractivity contribution >= 4 is 11.3 Å². The highest BCUT2D eigenvalue weighted by Gasteiger charge is 2.26. The molecule has 1 aliphatic heterocycles. The first kappa shape index (κ1) is 21.1. The first-order chi connectivity index (χ1) is 16.1. The van der Waals surface area contributed by atoms with Gasteiger partial charge in [-0.05, 0) is 47.2 Å². The topological polar surface area (TPSA) is 29.3 Å². The van der Waals surface area contributed by atoms with Gasteiger partial charge < -0.3 is 10.6 Å². The highest BCUT2D eigenvalue weighted by molar-refractivity contribution is 5.79. The number of hydrogen-bond donors (Lipinski definition) is 1. The fraction of sp³-hybridized carbons (Fsp3) is 0.161. The Morgan fingerprint density at radius 3 is 2.27 bits per heavy atom. The number of fused-ring (bicyclic) bond motifs is 1. The average molecular weight is 431 g/mol. The summed E-state index contributed by atoms with van der Waals surface area (Å²) in [5.74, 6) is 0.252. The number of likely N-dealkylation sites (N-methyl/N-ethyl adjacent to an activating group) is 1. The van der Waals surface area contributed by atoms with Crippen molar-refractivity contribution in [2.45, 2.75) is 25.3 Å². The third-order valence-electron chi connectivity index (χ3n) is 6.81. The van der Waals surface area contributed by atoms with E-state index in [1.807, 2.05) is 6.08 Å². The Balaban J connectivity index is 1.58. The molecule has 0 fully saturated rings. The molecule has 0 saturated heterocycles. The van der Waals surface area contributed by atoms with Crippen molar-refractivity contribution in [1.82, 2.24) is 4.90 Å². The molecule has 0 spiro atoms. The standard InChI is InChI=1S/C31H30N2/c1-22-20-31(33(2)21-29(22)23-12-4-3-5-13-23)28-18-9-7-16-26(28)24-14-10-11-19-30(32)27-17-8-6-15-25(24)27/h3-13,15-21,24,31H,14,32H2,1-2H3/b11-10-,30-19-/t24-,31?/m1/s1. The molecule has 0 radical (unpaired) electrons. The zero-order valence-corrected chi connectivity index (χ0v) is 19.3. The van der Waals surface area contributed by atoms with Gasteiger partial charge in [-0.2, -0.15) is 0 Å². The van der Waals surface area contributed by atoms with Crippen LogP contribution in [0.2, 0.25) is 0 Å². The maximum Gasteiger partial charge on any atom is 0.0726 e. The predicted octanol–water partition coefficient (Wildman–Crippen LogP) is 7.05. The fourth-order valence-corrected chi connectivity index (χ4v) is 5.12. The van der Waals surface area contributed by atoms with Crippen LogP contribution in [0, 0.1) is 0 Å². The lowest BCUT2D eigenvalue weighted by atomic mass is 9.79. The molecule has 2 heteroatoms. The molecule has 3 aromatic carbocycles. The molecule has 2 atom stereocenters. The molecular formula is C31H30N2. The Bertz CT molecular complexity index is 1280.